The molecule has 0 atom stereocenters. The van der Waals surface area contributed by atoms with Crippen LogP contribution in [-0.4, -0.2) is 17.1 Å². The van der Waals surface area contributed by atoms with E-state index < -0.39 is 11.6 Å². The van der Waals surface area contributed by atoms with Crippen molar-refractivity contribution in [3.8, 4) is 5.75 Å². The lowest BCUT2D eigenvalue weighted by Crippen LogP contribution is -2.08. The third-order valence-corrected chi connectivity index (χ3v) is 3.69. The Bertz CT molecular complexity index is 903. The molecule has 6 nitrogen and oxygen atoms in total. The van der Waals surface area contributed by atoms with Crippen LogP contribution in [0, 0.1) is 11.6 Å². The molecule has 0 spiro atoms. The molecule has 0 radical (unpaired) electrons. The molecule has 4 N–H and O–H groups in total. The molecule has 2 aromatic carbocycles. The second kappa shape index (κ2) is 7.64. The molecule has 3 rings (SSSR count). The smallest absolute Gasteiger partial charge is 0.160 e. The summed E-state index contributed by atoms with van der Waals surface area (Å²) in [6.07, 6.45) is 1.33. The van der Waals surface area contributed by atoms with Gasteiger partial charge in [-0.15, -0.1) is 0 Å². The molecule has 0 fully saturated rings. The zero-order valence-corrected chi connectivity index (χ0v) is 14.0. The topological polar surface area (TPSA) is 85.1 Å². The number of benzene rings is 2. The van der Waals surface area contributed by atoms with E-state index in [2.05, 4.69) is 20.6 Å². The minimum absolute atomic E-state index is 0.269. The van der Waals surface area contributed by atoms with Crippen LogP contribution in [0.2, 0.25) is 0 Å². The van der Waals surface area contributed by atoms with Gasteiger partial charge in [0.2, 0.25) is 0 Å². The number of nitrogens with two attached hydrogens (primary N) is 1. The van der Waals surface area contributed by atoms with E-state index in [1.54, 1.807) is 7.11 Å². The van der Waals surface area contributed by atoms with Crippen molar-refractivity contribution >= 4 is 23.0 Å². The first kappa shape index (κ1) is 17.4. The van der Waals surface area contributed by atoms with Crippen LogP contribution < -0.4 is 21.1 Å². The highest BCUT2D eigenvalue weighted by atomic mass is 19.2. The minimum atomic E-state index is -0.958. The number of nitrogens with zero attached hydrogens (tertiary/aromatic N) is 2. The summed E-state index contributed by atoms with van der Waals surface area (Å²) in [6, 6.07) is 11.0. The number of ether oxygens (including phenoxy) is 1. The molecule has 0 amide bonds. The highest BCUT2D eigenvalue weighted by Gasteiger charge is 2.10. The number of anilines is 4. The number of hydrogen-bond donors (Lipinski definition) is 3. The molecular formula is C18H17F2N5O. The van der Waals surface area contributed by atoms with Crippen molar-refractivity contribution in [2.45, 2.75) is 6.54 Å². The van der Waals surface area contributed by atoms with Gasteiger partial charge in [0, 0.05) is 18.3 Å². The summed E-state index contributed by atoms with van der Waals surface area (Å²) in [5.41, 5.74) is 7.68. The summed E-state index contributed by atoms with van der Waals surface area (Å²) < 4.78 is 31.5. The van der Waals surface area contributed by atoms with Gasteiger partial charge in [-0.25, -0.2) is 18.7 Å². The van der Waals surface area contributed by atoms with Crippen LogP contribution in [0.4, 0.5) is 31.8 Å². The fourth-order valence-corrected chi connectivity index (χ4v) is 2.28. The summed E-state index contributed by atoms with van der Waals surface area (Å²) >= 11 is 0. The Hall–Kier alpha value is -3.42. The maximum absolute atomic E-state index is 13.3. The monoisotopic (exact) mass is 357 g/mol. The molecular weight excluding hydrogens is 340 g/mol. The summed E-state index contributed by atoms with van der Waals surface area (Å²) in [6.45, 7) is 0.496. The van der Waals surface area contributed by atoms with Crippen molar-refractivity contribution in [1.82, 2.24) is 9.97 Å². The number of nitrogens with one attached hydrogen (secondary N) is 2. The van der Waals surface area contributed by atoms with Crippen LogP contribution in [0.25, 0.3) is 0 Å². The van der Waals surface area contributed by atoms with Gasteiger partial charge in [0.15, 0.2) is 23.3 Å². The van der Waals surface area contributed by atoms with E-state index in [0.29, 0.717) is 23.9 Å². The number of nitrogen functional groups attached to an aromatic ring is 1. The summed E-state index contributed by atoms with van der Waals surface area (Å²) in [4.78, 5) is 8.16. The van der Waals surface area contributed by atoms with E-state index in [1.807, 2.05) is 24.3 Å². The first-order chi connectivity index (χ1) is 12.6. The minimum Gasteiger partial charge on any atom is -0.497 e. The summed E-state index contributed by atoms with van der Waals surface area (Å²) in [5, 5.41) is 5.98. The van der Waals surface area contributed by atoms with Crippen LogP contribution in [-0.2, 0) is 6.54 Å². The summed E-state index contributed by atoms with van der Waals surface area (Å²) in [7, 11) is 1.61. The third-order valence-electron chi connectivity index (χ3n) is 3.69. The lowest BCUT2D eigenvalue weighted by molar-refractivity contribution is 0.414. The van der Waals surface area contributed by atoms with Gasteiger partial charge in [-0.1, -0.05) is 12.1 Å². The molecule has 0 aliphatic heterocycles. The van der Waals surface area contributed by atoms with Crippen LogP contribution in [0.15, 0.2) is 48.8 Å². The van der Waals surface area contributed by atoms with Crippen molar-refractivity contribution in [1.29, 1.82) is 0 Å². The van der Waals surface area contributed by atoms with Crippen molar-refractivity contribution in [3.63, 3.8) is 0 Å². The van der Waals surface area contributed by atoms with Gasteiger partial charge in [-0.05, 0) is 29.8 Å². The van der Waals surface area contributed by atoms with Gasteiger partial charge in [0.05, 0.1) is 7.11 Å². The Labute approximate surface area is 149 Å². The molecule has 0 aliphatic rings. The number of methoxy groups -OCH3 is 1. The Kier molecular flexibility index (Phi) is 5.12. The zero-order valence-electron chi connectivity index (χ0n) is 14.0. The fraction of sp³-hybridized carbons (Fsp3) is 0.111. The average Bonchev–Trinajstić information content (AvgIpc) is 2.66. The van der Waals surface area contributed by atoms with Gasteiger partial charge in [-0.2, -0.15) is 0 Å². The van der Waals surface area contributed by atoms with E-state index in [1.165, 1.54) is 12.4 Å². The molecule has 0 saturated heterocycles. The Morgan fingerprint density at radius 1 is 1.00 bits per heavy atom. The van der Waals surface area contributed by atoms with Crippen molar-refractivity contribution < 1.29 is 13.5 Å². The molecule has 0 unspecified atom stereocenters. The van der Waals surface area contributed by atoms with Crippen LogP contribution in [0.1, 0.15) is 5.56 Å². The Morgan fingerprint density at radius 2 is 1.73 bits per heavy atom. The first-order valence-corrected chi connectivity index (χ1v) is 7.76. The normalized spacial score (nSPS) is 10.4. The van der Waals surface area contributed by atoms with Gasteiger partial charge >= 0.3 is 0 Å². The quantitative estimate of drug-likeness (QED) is 0.624. The van der Waals surface area contributed by atoms with Crippen LogP contribution in [0.3, 0.4) is 0 Å². The highest BCUT2D eigenvalue weighted by molar-refractivity contribution is 5.77. The number of rotatable bonds is 6. The largest absolute Gasteiger partial charge is 0.497 e. The van der Waals surface area contributed by atoms with Gasteiger partial charge < -0.3 is 21.1 Å². The fourth-order valence-electron chi connectivity index (χ4n) is 2.28. The Morgan fingerprint density at radius 3 is 2.42 bits per heavy atom. The number of hydrogen-bond acceptors (Lipinski definition) is 6. The van der Waals surface area contributed by atoms with Crippen molar-refractivity contribution in [3.05, 3.63) is 66.0 Å². The molecule has 1 aromatic heterocycles. The maximum atomic E-state index is 13.3. The van der Waals surface area contributed by atoms with E-state index in [4.69, 9.17) is 10.5 Å². The van der Waals surface area contributed by atoms with Gasteiger partial charge in [0.1, 0.15) is 17.8 Å². The number of aromatic nitrogens is 2. The predicted molar refractivity (Wildman–Crippen MR) is 96.4 cm³/mol. The zero-order chi connectivity index (χ0) is 18.5. The van der Waals surface area contributed by atoms with Gasteiger partial charge in [0.25, 0.3) is 0 Å². The lowest BCUT2D eigenvalue weighted by Gasteiger charge is -2.13. The second-order valence-corrected chi connectivity index (χ2v) is 5.44. The van der Waals surface area contributed by atoms with Crippen molar-refractivity contribution in [2.24, 2.45) is 0 Å². The standard InChI is InChI=1S/C18H17F2N5O/c1-26-13-5-2-11(3-6-13)9-22-17-16(21)18(24-10-23-17)25-12-4-7-14(19)15(20)8-12/h2-8,10H,9,21H2,1H3,(H2,22,23,24,25). The second-order valence-electron chi connectivity index (χ2n) is 5.44. The van der Waals surface area contributed by atoms with E-state index >= 15 is 0 Å². The third kappa shape index (κ3) is 3.97. The van der Waals surface area contributed by atoms with E-state index in [-0.39, 0.29) is 5.69 Å². The molecule has 0 bridgehead atoms. The lowest BCUT2D eigenvalue weighted by atomic mass is 10.2. The first-order valence-electron chi connectivity index (χ1n) is 7.76. The molecule has 8 heteroatoms. The molecule has 3 aromatic rings. The highest BCUT2D eigenvalue weighted by Crippen LogP contribution is 2.26. The van der Waals surface area contributed by atoms with Gasteiger partial charge in [-0.3, -0.25) is 0 Å². The molecule has 0 saturated carbocycles. The predicted octanol–water partition coefficient (Wildman–Crippen LogP) is 3.70. The molecule has 0 aliphatic carbocycles. The Balaban J connectivity index is 1.72. The van der Waals surface area contributed by atoms with Crippen molar-refractivity contribution in [2.75, 3.05) is 23.5 Å². The average molecular weight is 357 g/mol. The van der Waals surface area contributed by atoms with Crippen LogP contribution >= 0.6 is 0 Å². The molecule has 1 heterocycles. The summed E-state index contributed by atoms with van der Waals surface area (Å²) in [5.74, 6) is -0.383. The van der Waals surface area contributed by atoms with E-state index in [0.717, 1.165) is 23.4 Å². The maximum Gasteiger partial charge on any atom is 0.160 e. The van der Waals surface area contributed by atoms with E-state index in [9.17, 15) is 8.78 Å². The van der Waals surface area contributed by atoms with Crippen LogP contribution in [0.5, 0.6) is 5.75 Å². The molecule has 26 heavy (non-hydrogen) atoms. The number of halogens is 2. The SMILES string of the molecule is COc1ccc(CNc2ncnc(Nc3ccc(F)c(F)c3)c2N)cc1. The molecule has 134 valence electrons.